The number of hydrogen-bond acceptors (Lipinski definition) is 2. The highest BCUT2D eigenvalue weighted by molar-refractivity contribution is 5.93. The number of aromatic amines is 1. The van der Waals surface area contributed by atoms with Gasteiger partial charge in [0.25, 0.3) is 5.91 Å². The molecule has 1 aromatic rings. The number of nitrogens with one attached hydrogen (secondary N) is 2. The minimum atomic E-state index is -0.0555. The second-order valence-corrected chi connectivity index (χ2v) is 4.33. The topological polar surface area (TPSA) is 57.8 Å². The zero-order chi connectivity index (χ0) is 11.3. The summed E-state index contributed by atoms with van der Waals surface area (Å²) in [5.74, 6) is 0.623. The third kappa shape index (κ3) is 4.14. The second kappa shape index (κ2) is 5.53. The van der Waals surface area contributed by atoms with Crippen molar-refractivity contribution in [2.24, 2.45) is 5.92 Å². The van der Waals surface area contributed by atoms with Gasteiger partial charge in [-0.3, -0.25) is 9.89 Å². The van der Waals surface area contributed by atoms with Crippen molar-refractivity contribution in [2.75, 3.05) is 0 Å². The van der Waals surface area contributed by atoms with Crippen LogP contribution in [0.1, 0.15) is 44.0 Å². The zero-order valence-corrected chi connectivity index (χ0v) is 9.58. The molecule has 0 aromatic carbocycles. The van der Waals surface area contributed by atoms with E-state index in [1.807, 2.05) is 6.92 Å². The first-order valence-corrected chi connectivity index (χ1v) is 5.39. The average Bonchev–Trinajstić information content (AvgIpc) is 2.67. The Morgan fingerprint density at radius 3 is 2.73 bits per heavy atom. The number of carbonyl (C=O) groups excluding carboxylic acids is 1. The summed E-state index contributed by atoms with van der Waals surface area (Å²) in [6, 6.07) is 0.217. The highest BCUT2D eigenvalue weighted by Crippen LogP contribution is 2.07. The van der Waals surface area contributed by atoms with Gasteiger partial charge in [-0.25, -0.2) is 0 Å². The molecule has 0 bridgehead atoms. The van der Waals surface area contributed by atoms with Crippen LogP contribution in [-0.2, 0) is 0 Å². The lowest BCUT2D eigenvalue weighted by Crippen LogP contribution is -2.32. The van der Waals surface area contributed by atoms with Gasteiger partial charge in [0.1, 0.15) is 0 Å². The van der Waals surface area contributed by atoms with Gasteiger partial charge in [0.05, 0.1) is 11.8 Å². The van der Waals surface area contributed by atoms with Crippen molar-refractivity contribution < 1.29 is 4.79 Å². The molecule has 1 amide bonds. The fraction of sp³-hybridized carbons (Fsp3) is 0.636. The first-order valence-electron chi connectivity index (χ1n) is 5.39. The number of hydrogen-bond donors (Lipinski definition) is 2. The highest BCUT2D eigenvalue weighted by atomic mass is 16.1. The van der Waals surface area contributed by atoms with E-state index in [1.165, 1.54) is 6.20 Å². The molecule has 1 aromatic heterocycles. The smallest absolute Gasteiger partial charge is 0.254 e. The highest BCUT2D eigenvalue weighted by Gasteiger charge is 2.10. The number of H-pyrrole nitrogens is 1. The number of carbonyl (C=O) groups is 1. The van der Waals surface area contributed by atoms with E-state index in [9.17, 15) is 4.79 Å². The van der Waals surface area contributed by atoms with Crippen molar-refractivity contribution in [1.82, 2.24) is 15.5 Å². The molecule has 0 saturated carbocycles. The molecule has 0 aliphatic heterocycles. The van der Waals surface area contributed by atoms with Crippen LogP contribution in [0.15, 0.2) is 12.4 Å². The van der Waals surface area contributed by atoms with Crippen LogP contribution in [0.5, 0.6) is 0 Å². The summed E-state index contributed by atoms with van der Waals surface area (Å²) in [6.07, 6.45) is 5.28. The van der Waals surface area contributed by atoms with Crippen molar-refractivity contribution in [3.63, 3.8) is 0 Å². The molecule has 4 heteroatoms. The van der Waals surface area contributed by atoms with Crippen LogP contribution in [0, 0.1) is 5.92 Å². The molecule has 0 radical (unpaired) electrons. The molecular weight excluding hydrogens is 190 g/mol. The summed E-state index contributed by atoms with van der Waals surface area (Å²) in [7, 11) is 0. The molecule has 0 fully saturated rings. The molecule has 1 atom stereocenters. The molecule has 1 heterocycles. The Bertz CT molecular complexity index is 293. The first kappa shape index (κ1) is 11.8. The SMILES string of the molecule is CC(C)CCC(C)NC(=O)c1cn[nH]c1. The summed E-state index contributed by atoms with van der Waals surface area (Å²) < 4.78 is 0. The molecule has 1 unspecified atom stereocenters. The van der Waals surface area contributed by atoms with Gasteiger partial charge in [0.15, 0.2) is 0 Å². The maximum Gasteiger partial charge on any atom is 0.254 e. The third-order valence-electron chi connectivity index (χ3n) is 2.31. The minimum absolute atomic E-state index is 0.0555. The van der Waals surface area contributed by atoms with E-state index in [2.05, 4.69) is 29.4 Å². The lowest BCUT2D eigenvalue weighted by molar-refractivity contribution is 0.0937. The van der Waals surface area contributed by atoms with Gasteiger partial charge in [-0.15, -0.1) is 0 Å². The van der Waals surface area contributed by atoms with Crippen molar-refractivity contribution in [3.8, 4) is 0 Å². The Morgan fingerprint density at radius 2 is 2.20 bits per heavy atom. The third-order valence-corrected chi connectivity index (χ3v) is 2.31. The maximum atomic E-state index is 11.6. The Kier molecular flexibility index (Phi) is 4.34. The van der Waals surface area contributed by atoms with Crippen molar-refractivity contribution in [2.45, 2.75) is 39.7 Å². The zero-order valence-electron chi connectivity index (χ0n) is 9.58. The van der Waals surface area contributed by atoms with Gasteiger partial charge in [-0.2, -0.15) is 5.10 Å². The van der Waals surface area contributed by atoms with Crippen LogP contribution in [0.25, 0.3) is 0 Å². The van der Waals surface area contributed by atoms with E-state index in [4.69, 9.17) is 0 Å². The Hall–Kier alpha value is -1.32. The average molecular weight is 209 g/mol. The largest absolute Gasteiger partial charge is 0.349 e. The summed E-state index contributed by atoms with van der Waals surface area (Å²) in [4.78, 5) is 11.6. The minimum Gasteiger partial charge on any atom is -0.349 e. The van der Waals surface area contributed by atoms with Gasteiger partial charge >= 0.3 is 0 Å². The van der Waals surface area contributed by atoms with Crippen LogP contribution in [0.3, 0.4) is 0 Å². The number of amides is 1. The van der Waals surface area contributed by atoms with E-state index in [1.54, 1.807) is 6.20 Å². The summed E-state index contributed by atoms with van der Waals surface area (Å²) >= 11 is 0. The molecule has 0 saturated heterocycles. The van der Waals surface area contributed by atoms with Crippen molar-refractivity contribution >= 4 is 5.91 Å². The van der Waals surface area contributed by atoms with Crippen LogP contribution in [0.4, 0.5) is 0 Å². The van der Waals surface area contributed by atoms with E-state index in [0.717, 1.165) is 12.8 Å². The number of nitrogens with zero attached hydrogens (tertiary/aromatic N) is 1. The van der Waals surface area contributed by atoms with E-state index in [-0.39, 0.29) is 11.9 Å². The predicted molar refractivity (Wildman–Crippen MR) is 59.6 cm³/mol. The molecule has 15 heavy (non-hydrogen) atoms. The van der Waals surface area contributed by atoms with Crippen LogP contribution in [-0.4, -0.2) is 22.1 Å². The molecule has 1 rings (SSSR count). The van der Waals surface area contributed by atoms with Crippen LogP contribution < -0.4 is 5.32 Å². The van der Waals surface area contributed by atoms with Gasteiger partial charge in [-0.1, -0.05) is 13.8 Å². The lowest BCUT2D eigenvalue weighted by atomic mass is 10.0. The van der Waals surface area contributed by atoms with Gasteiger partial charge < -0.3 is 5.32 Å². The Morgan fingerprint density at radius 1 is 1.47 bits per heavy atom. The Labute approximate surface area is 90.5 Å². The fourth-order valence-electron chi connectivity index (χ4n) is 1.34. The second-order valence-electron chi connectivity index (χ2n) is 4.33. The quantitative estimate of drug-likeness (QED) is 0.778. The molecule has 2 N–H and O–H groups in total. The number of rotatable bonds is 5. The van der Waals surface area contributed by atoms with Crippen LogP contribution in [0.2, 0.25) is 0 Å². The summed E-state index contributed by atoms with van der Waals surface area (Å²) in [5.41, 5.74) is 0.589. The van der Waals surface area contributed by atoms with Gasteiger partial charge in [0.2, 0.25) is 0 Å². The van der Waals surface area contributed by atoms with Crippen molar-refractivity contribution in [3.05, 3.63) is 18.0 Å². The summed E-state index contributed by atoms with van der Waals surface area (Å²) in [5, 5.41) is 9.30. The van der Waals surface area contributed by atoms with Gasteiger partial charge in [-0.05, 0) is 25.7 Å². The first-order chi connectivity index (χ1) is 7.09. The van der Waals surface area contributed by atoms with Crippen molar-refractivity contribution in [1.29, 1.82) is 0 Å². The van der Waals surface area contributed by atoms with E-state index in [0.29, 0.717) is 11.5 Å². The van der Waals surface area contributed by atoms with Crippen LogP contribution >= 0.6 is 0 Å². The standard InChI is InChI=1S/C11H19N3O/c1-8(2)4-5-9(3)14-11(15)10-6-12-13-7-10/h6-9H,4-5H2,1-3H3,(H,12,13)(H,14,15). The fourth-order valence-corrected chi connectivity index (χ4v) is 1.34. The maximum absolute atomic E-state index is 11.6. The van der Waals surface area contributed by atoms with Gasteiger partial charge in [0, 0.05) is 12.2 Å². The molecule has 4 nitrogen and oxygen atoms in total. The predicted octanol–water partition coefficient (Wildman–Crippen LogP) is 1.96. The number of aromatic nitrogens is 2. The molecule has 0 aliphatic carbocycles. The summed E-state index contributed by atoms with van der Waals surface area (Å²) in [6.45, 7) is 6.40. The normalized spacial score (nSPS) is 12.8. The van der Waals surface area contributed by atoms with E-state index >= 15 is 0 Å². The molecule has 84 valence electrons. The Balaban J connectivity index is 2.32. The lowest BCUT2D eigenvalue weighted by Gasteiger charge is -2.14. The molecule has 0 aliphatic rings. The van der Waals surface area contributed by atoms with E-state index < -0.39 is 0 Å². The molecular formula is C11H19N3O. The monoisotopic (exact) mass is 209 g/mol. The molecule has 0 spiro atoms.